The Morgan fingerprint density at radius 3 is 2.53 bits per heavy atom. The minimum atomic E-state index is -0.501. The topological polar surface area (TPSA) is 61.9 Å². The number of urea groups is 1. The van der Waals surface area contributed by atoms with Gasteiger partial charge in [-0.2, -0.15) is 0 Å². The normalized spacial score (nSPS) is 20.1. The van der Waals surface area contributed by atoms with Crippen molar-refractivity contribution in [3.63, 3.8) is 0 Å². The summed E-state index contributed by atoms with van der Waals surface area (Å²) in [6, 6.07) is -0.0830. The predicted molar refractivity (Wildman–Crippen MR) is 70.6 cm³/mol. The first-order valence-corrected chi connectivity index (χ1v) is 6.50. The molecule has 19 heavy (non-hydrogen) atoms. The molecular weight excluding hydrogens is 246 g/mol. The molecule has 6 nitrogen and oxygen atoms in total. The van der Waals surface area contributed by atoms with Gasteiger partial charge in [0.15, 0.2) is 0 Å². The lowest BCUT2D eigenvalue weighted by molar-refractivity contribution is 0.0294. The van der Waals surface area contributed by atoms with Gasteiger partial charge in [0.2, 0.25) is 0 Å². The van der Waals surface area contributed by atoms with Crippen molar-refractivity contribution in [1.29, 1.82) is 0 Å². The second-order valence-corrected chi connectivity index (χ2v) is 5.95. The van der Waals surface area contributed by atoms with E-state index in [2.05, 4.69) is 5.32 Å². The second kappa shape index (κ2) is 4.75. The van der Waals surface area contributed by atoms with E-state index < -0.39 is 5.60 Å². The molecule has 2 aliphatic rings. The number of hydrogen-bond acceptors (Lipinski definition) is 3. The predicted octanol–water partition coefficient (Wildman–Crippen LogP) is 1.54. The Balaban J connectivity index is 2.01. The zero-order chi connectivity index (χ0) is 14.2. The lowest BCUT2D eigenvalue weighted by atomic mass is 10.2. The molecule has 2 rings (SSSR count). The highest BCUT2D eigenvalue weighted by molar-refractivity contribution is 5.79. The molecule has 1 fully saturated rings. The fourth-order valence-electron chi connectivity index (χ4n) is 2.25. The third-order valence-corrected chi connectivity index (χ3v) is 3.10. The monoisotopic (exact) mass is 267 g/mol. The second-order valence-electron chi connectivity index (χ2n) is 5.95. The zero-order valence-electron chi connectivity index (χ0n) is 11.9. The van der Waals surface area contributed by atoms with Crippen LogP contribution in [0.1, 0.15) is 27.7 Å². The number of carbonyl (C=O) groups excluding carboxylic acids is 2. The Bertz CT molecular complexity index is 437. The Morgan fingerprint density at radius 2 is 2.00 bits per heavy atom. The van der Waals surface area contributed by atoms with E-state index in [9.17, 15) is 9.59 Å². The fourth-order valence-corrected chi connectivity index (χ4v) is 2.25. The van der Waals surface area contributed by atoms with E-state index in [-0.39, 0.29) is 12.1 Å². The molecule has 0 bridgehead atoms. The molecule has 1 N–H and O–H groups in total. The van der Waals surface area contributed by atoms with Gasteiger partial charge in [-0.15, -0.1) is 0 Å². The van der Waals surface area contributed by atoms with Crippen LogP contribution in [0.3, 0.4) is 0 Å². The average Bonchev–Trinajstić information content (AvgIpc) is 2.82. The summed E-state index contributed by atoms with van der Waals surface area (Å²) < 4.78 is 5.35. The van der Waals surface area contributed by atoms with Crippen LogP contribution in [-0.4, -0.2) is 53.7 Å². The highest BCUT2D eigenvalue weighted by Gasteiger charge is 2.33. The maximum atomic E-state index is 12.0. The van der Waals surface area contributed by atoms with E-state index in [1.807, 2.05) is 27.7 Å². The molecule has 0 atom stereocenters. The third-order valence-electron chi connectivity index (χ3n) is 3.10. The number of hydrogen-bond donors (Lipinski definition) is 1. The number of nitrogens with one attached hydrogen (secondary N) is 1. The van der Waals surface area contributed by atoms with Crippen LogP contribution in [0.5, 0.6) is 0 Å². The Morgan fingerprint density at radius 1 is 1.32 bits per heavy atom. The van der Waals surface area contributed by atoms with Gasteiger partial charge in [-0.3, -0.25) is 9.80 Å². The van der Waals surface area contributed by atoms with Gasteiger partial charge in [-0.05, 0) is 33.3 Å². The van der Waals surface area contributed by atoms with Gasteiger partial charge in [-0.25, -0.2) is 9.59 Å². The molecule has 6 heteroatoms. The summed E-state index contributed by atoms with van der Waals surface area (Å²) in [5, 5.41) is 2.77. The number of amides is 3. The maximum Gasteiger partial charge on any atom is 0.410 e. The van der Waals surface area contributed by atoms with Crippen LogP contribution in [0, 0.1) is 0 Å². The molecular formula is C13H21N3O3. The summed E-state index contributed by atoms with van der Waals surface area (Å²) in [4.78, 5) is 27.0. The molecule has 106 valence electrons. The molecule has 0 saturated carbocycles. The Hall–Kier alpha value is -1.72. The van der Waals surface area contributed by atoms with Crippen molar-refractivity contribution in [2.45, 2.75) is 33.3 Å². The van der Waals surface area contributed by atoms with Crippen molar-refractivity contribution in [2.75, 3.05) is 26.2 Å². The first-order chi connectivity index (χ1) is 8.78. The molecule has 0 aliphatic carbocycles. The molecule has 0 unspecified atom stereocenters. The minimum absolute atomic E-state index is 0.0830. The van der Waals surface area contributed by atoms with Crippen LogP contribution in [-0.2, 0) is 4.74 Å². The summed E-state index contributed by atoms with van der Waals surface area (Å²) in [5.74, 6) is 0. The van der Waals surface area contributed by atoms with E-state index in [0.29, 0.717) is 26.2 Å². The van der Waals surface area contributed by atoms with Crippen LogP contribution in [0.4, 0.5) is 9.59 Å². The SMILES string of the molecule is CC1=C(N2CCNC2=O)CN(C(=O)OC(C)(C)C)C1. The first kappa shape index (κ1) is 13.7. The molecule has 1 saturated heterocycles. The number of ether oxygens (including phenoxy) is 1. The van der Waals surface area contributed by atoms with Crippen molar-refractivity contribution in [1.82, 2.24) is 15.1 Å². The van der Waals surface area contributed by atoms with E-state index in [0.717, 1.165) is 11.3 Å². The highest BCUT2D eigenvalue weighted by atomic mass is 16.6. The standard InChI is InChI=1S/C13H21N3O3/c1-9-7-15(12(18)19-13(2,3)4)8-10(9)16-6-5-14-11(16)17/h5-8H2,1-4H3,(H,14,17). The van der Waals surface area contributed by atoms with Gasteiger partial charge in [0, 0.05) is 25.3 Å². The zero-order valence-corrected chi connectivity index (χ0v) is 11.9. The highest BCUT2D eigenvalue weighted by Crippen LogP contribution is 2.23. The minimum Gasteiger partial charge on any atom is -0.444 e. The van der Waals surface area contributed by atoms with Crippen molar-refractivity contribution in [2.24, 2.45) is 0 Å². The van der Waals surface area contributed by atoms with Crippen molar-refractivity contribution < 1.29 is 14.3 Å². The van der Waals surface area contributed by atoms with Crippen LogP contribution in [0.2, 0.25) is 0 Å². The summed E-state index contributed by atoms with van der Waals surface area (Å²) in [7, 11) is 0. The first-order valence-electron chi connectivity index (χ1n) is 6.50. The lowest BCUT2D eigenvalue weighted by Gasteiger charge is -2.25. The molecule has 3 amide bonds. The number of carbonyl (C=O) groups is 2. The summed E-state index contributed by atoms with van der Waals surface area (Å²) >= 11 is 0. The van der Waals surface area contributed by atoms with Gasteiger partial charge in [0.05, 0.1) is 6.54 Å². The van der Waals surface area contributed by atoms with E-state index in [4.69, 9.17) is 4.74 Å². The molecule has 0 spiro atoms. The third kappa shape index (κ3) is 3.00. The van der Waals surface area contributed by atoms with Crippen molar-refractivity contribution in [3.8, 4) is 0 Å². The van der Waals surface area contributed by atoms with Crippen LogP contribution in [0.25, 0.3) is 0 Å². The van der Waals surface area contributed by atoms with Gasteiger partial charge in [-0.1, -0.05) is 0 Å². The van der Waals surface area contributed by atoms with Gasteiger partial charge in [0.25, 0.3) is 0 Å². The van der Waals surface area contributed by atoms with Crippen molar-refractivity contribution >= 4 is 12.1 Å². The quantitative estimate of drug-likeness (QED) is 0.784. The van der Waals surface area contributed by atoms with Crippen LogP contribution >= 0.6 is 0 Å². The van der Waals surface area contributed by atoms with Gasteiger partial charge < -0.3 is 10.1 Å². The maximum absolute atomic E-state index is 12.0. The van der Waals surface area contributed by atoms with Crippen molar-refractivity contribution in [3.05, 3.63) is 11.3 Å². The molecule has 0 radical (unpaired) electrons. The van der Waals surface area contributed by atoms with E-state index in [1.165, 1.54) is 0 Å². The summed E-state index contributed by atoms with van der Waals surface area (Å²) in [6.07, 6.45) is -0.332. The van der Waals surface area contributed by atoms with E-state index >= 15 is 0 Å². The molecule has 0 aromatic rings. The fraction of sp³-hybridized carbons (Fsp3) is 0.692. The number of nitrogens with zero attached hydrogens (tertiary/aromatic N) is 2. The molecule has 2 heterocycles. The Kier molecular flexibility index (Phi) is 3.43. The van der Waals surface area contributed by atoms with Gasteiger partial charge >= 0.3 is 12.1 Å². The van der Waals surface area contributed by atoms with Crippen LogP contribution < -0.4 is 5.32 Å². The smallest absolute Gasteiger partial charge is 0.410 e. The van der Waals surface area contributed by atoms with E-state index in [1.54, 1.807) is 9.80 Å². The molecule has 0 aromatic carbocycles. The summed E-state index contributed by atoms with van der Waals surface area (Å²) in [5.41, 5.74) is 1.46. The molecule has 0 aromatic heterocycles. The largest absolute Gasteiger partial charge is 0.444 e. The van der Waals surface area contributed by atoms with Crippen LogP contribution in [0.15, 0.2) is 11.3 Å². The average molecular weight is 267 g/mol. The number of rotatable bonds is 1. The molecule has 2 aliphatic heterocycles. The Labute approximate surface area is 113 Å². The lowest BCUT2D eigenvalue weighted by Crippen LogP contribution is -2.37. The summed E-state index contributed by atoms with van der Waals surface area (Å²) in [6.45, 7) is 9.76. The van der Waals surface area contributed by atoms with Gasteiger partial charge in [0.1, 0.15) is 5.60 Å².